The number of carbonyl (C=O) groups is 2. The van der Waals surface area contributed by atoms with Crippen molar-refractivity contribution in [1.29, 1.82) is 0 Å². The number of rotatable bonds is 2. The van der Waals surface area contributed by atoms with Gasteiger partial charge >= 0.3 is 5.97 Å². The van der Waals surface area contributed by atoms with E-state index < -0.39 is 17.6 Å². The molecule has 21 heavy (non-hydrogen) atoms. The molecule has 0 bridgehead atoms. The van der Waals surface area contributed by atoms with E-state index in [4.69, 9.17) is 0 Å². The number of esters is 1. The van der Waals surface area contributed by atoms with E-state index in [0.717, 1.165) is 0 Å². The molecule has 0 saturated heterocycles. The van der Waals surface area contributed by atoms with Crippen molar-refractivity contribution in [2.24, 2.45) is 0 Å². The third-order valence-corrected chi connectivity index (χ3v) is 2.52. The molecule has 1 heterocycles. The normalized spacial score (nSPS) is 9.43. The highest BCUT2D eigenvalue weighted by atomic mass is 19.1. The lowest BCUT2D eigenvalue weighted by atomic mass is 10.2. The van der Waals surface area contributed by atoms with Gasteiger partial charge in [0.2, 0.25) is 0 Å². The highest BCUT2D eigenvalue weighted by Crippen LogP contribution is 2.04. The van der Waals surface area contributed by atoms with Gasteiger partial charge in [0.15, 0.2) is 0 Å². The van der Waals surface area contributed by atoms with Crippen molar-refractivity contribution in [3.63, 3.8) is 0 Å². The average Bonchev–Trinajstić information content (AvgIpc) is 2.52. The van der Waals surface area contributed by atoms with Crippen molar-refractivity contribution >= 4 is 11.8 Å². The minimum Gasteiger partial charge on any atom is -0.464 e. The van der Waals surface area contributed by atoms with Crippen LogP contribution in [0.5, 0.6) is 0 Å². The molecule has 0 unspecified atom stereocenters. The maximum Gasteiger partial charge on any atom is 0.356 e. The van der Waals surface area contributed by atoms with Crippen LogP contribution in [-0.2, 0) is 4.74 Å². The molecule has 0 radical (unpaired) electrons. The van der Waals surface area contributed by atoms with Crippen molar-refractivity contribution < 1.29 is 18.7 Å². The number of benzene rings is 1. The Morgan fingerprint density at radius 1 is 1.14 bits per heavy atom. The lowest BCUT2D eigenvalue weighted by molar-refractivity contribution is 0.0594. The number of carbonyl (C=O) groups excluding carboxylic acids is 2. The van der Waals surface area contributed by atoms with E-state index in [9.17, 15) is 14.0 Å². The van der Waals surface area contributed by atoms with Crippen molar-refractivity contribution in [3.05, 3.63) is 65.2 Å². The zero-order chi connectivity index (χ0) is 15.2. The molecule has 1 aromatic carbocycles. The molecule has 0 aliphatic rings. The summed E-state index contributed by atoms with van der Waals surface area (Å²) in [5.74, 6) is 3.28. The lowest BCUT2D eigenvalue weighted by Gasteiger charge is -1.99. The number of pyridine rings is 1. The highest BCUT2D eigenvalue weighted by molar-refractivity contribution is 6.08. The molecule has 0 aliphatic heterocycles. The number of methoxy groups -OCH3 is 1. The molecule has 0 spiro atoms. The van der Waals surface area contributed by atoms with Crippen molar-refractivity contribution in [1.82, 2.24) is 4.98 Å². The third kappa shape index (κ3) is 3.74. The summed E-state index contributed by atoms with van der Waals surface area (Å²) in [6.45, 7) is 0. The fourth-order valence-corrected chi connectivity index (χ4v) is 1.54. The standard InChI is InChI=1S/C16H10FNO3/c1-21-16(20)14-7-3-6-13(18-14)15(19)9-8-11-4-2-5-12(17)10-11/h2-7,10H,1H3. The van der Waals surface area contributed by atoms with Gasteiger partial charge < -0.3 is 4.74 Å². The van der Waals surface area contributed by atoms with Gasteiger partial charge in [-0.1, -0.05) is 18.1 Å². The van der Waals surface area contributed by atoms with Crippen LogP contribution in [-0.4, -0.2) is 23.8 Å². The summed E-state index contributed by atoms with van der Waals surface area (Å²) in [7, 11) is 1.22. The summed E-state index contributed by atoms with van der Waals surface area (Å²) in [5, 5.41) is 0. The van der Waals surface area contributed by atoms with Crippen molar-refractivity contribution in [3.8, 4) is 11.8 Å². The maximum atomic E-state index is 13.0. The Morgan fingerprint density at radius 3 is 2.57 bits per heavy atom. The predicted molar refractivity (Wildman–Crippen MR) is 73.2 cm³/mol. The van der Waals surface area contributed by atoms with Gasteiger partial charge in [-0.15, -0.1) is 0 Å². The van der Waals surface area contributed by atoms with E-state index in [1.54, 1.807) is 6.07 Å². The summed E-state index contributed by atoms with van der Waals surface area (Å²) in [6.07, 6.45) is 0. The van der Waals surface area contributed by atoms with Gasteiger partial charge in [0.05, 0.1) is 7.11 Å². The molecule has 0 saturated carbocycles. The molecular formula is C16H10FNO3. The van der Waals surface area contributed by atoms with Gasteiger partial charge in [-0.2, -0.15) is 0 Å². The summed E-state index contributed by atoms with van der Waals surface area (Å²) in [5.41, 5.74) is 0.435. The molecule has 104 valence electrons. The first kappa shape index (κ1) is 14.4. The first-order valence-electron chi connectivity index (χ1n) is 5.97. The Labute approximate surface area is 120 Å². The van der Waals surface area contributed by atoms with Crippen LogP contribution in [0.2, 0.25) is 0 Å². The molecule has 4 nitrogen and oxygen atoms in total. The number of hydrogen-bond acceptors (Lipinski definition) is 4. The minimum atomic E-state index is -0.636. The molecule has 5 heteroatoms. The largest absolute Gasteiger partial charge is 0.464 e. The summed E-state index contributed by atoms with van der Waals surface area (Å²) < 4.78 is 17.5. The minimum absolute atomic E-state index is 0.0240. The molecule has 0 atom stereocenters. The second-order valence-electron chi connectivity index (χ2n) is 3.99. The van der Waals surface area contributed by atoms with E-state index in [-0.39, 0.29) is 11.4 Å². The fraction of sp³-hybridized carbons (Fsp3) is 0.0625. The number of halogens is 1. The number of ketones is 1. The molecule has 1 aromatic heterocycles. The quantitative estimate of drug-likeness (QED) is 0.482. The summed E-state index contributed by atoms with van der Waals surface area (Å²) in [4.78, 5) is 27.1. The van der Waals surface area contributed by atoms with Crippen LogP contribution >= 0.6 is 0 Å². The van der Waals surface area contributed by atoms with E-state index in [1.807, 2.05) is 0 Å². The van der Waals surface area contributed by atoms with Gasteiger partial charge in [-0.25, -0.2) is 14.2 Å². The van der Waals surface area contributed by atoms with Gasteiger partial charge in [-0.05, 0) is 36.3 Å². The van der Waals surface area contributed by atoms with Crippen LogP contribution in [0, 0.1) is 17.7 Å². The second-order valence-corrected chi connectivity index (χ2v) is 3.99. The molecule has 2 aromatic rings. The zero-order valence-electron chi connectivity index (χ0n) is 11.1. The van der Waals surface area contributed by atoms with Gasteiger partial charge in [0.1, 0.15) is 17.2 Å². The van der Waals surface area contributed by atoms with E-state index >= 15 is 0 Å². The number of aromatic nitrogens is 1. The zero-order valence-corrected chi connectivity index (χ0v) is 11.1. The molecule has 2 rings (SSSR count). The van der Waals surface area contributed by atoms with E-state index in [0.29, 0.717) is 5.56 Å². The SMILES string of the molecule is COC(=O)c1cccc(C(=O)C#Cc2cccc(F)c2)n1. The Hall–Kier alpha value is -3.00. The number of nitrogens with zero attached hydrogens (tertiary/aromatic N) is 1. The number of Topliss-reactive ketones (excluding diaryl/α,β-unsaturated/α-hetero) is 1. The van der Waals surface area contributed by atoms with Crippen LogP contribution < -0.4 is 0 Å². The van der Waals surface area contributed by atoms with E-state index in [2.05, 4.69) is 21.6 Å². The average molecular weight is 283 g/mol. The smallest absolute Gasteiger partial charge is 0.356 e. The topological polar surface area (TPSA) is 56.3 Å². The van der Waals surface area contributed by atoms with Gasteiger partial charge in [-0.3, -0.25) is 4.79 Å². The number of ether oxygens (including phenoxy) is 1. The van der Waals surface area contributed by atoms with Crippen LogP contribution in [0.4, 0.5) is 4.39 Å². The van der Waals surface area contributed by atoms with Crippen LogP contribution in [0.1, 0.15) is 26.5 Å². The molecule has 0 fully saturated rings. The van der Waals surface area contributed by atoms with Crippen LogP contribution in [0.15, 0.2) is 42.5 Å². The summed E-state index contributed by atoms with van der Waals surface area (Å²) >= 11 is 0. The Balaban J connectivity index is 2.24. The predicted octanol–water partition coefficient (Wildman–Crippen LogP) is 2.24. The first-order chi connectivity index (χ1) is 10.1. The fourth-order valence-electron chi connectivity index (χ4n) is 1.54. The van der Waals surface area contributed by atoms with Gasteiger partial charge in [0.25, 0.3) is 5.78 Å². The van der Waals surface area contributed by atoms with Crippen molar-refractivity contribution in [2.75, 3.05) is 7.11 Å². The Kier molecular flexibility index (Phi) is 4.42. The molecule has 0 N–H and O–H groups in total. The van der Waals surface area contributed by atoms with Crippen LogP contribution in [0.25, 0.3) is 0 Å². The van der Waals surface area contributed by atoms with E-state index in [1.165, 1.54) is 43.5 Å². The number of hydrogen-bond donors (Lipinski definition) is 0. The molecular weight excluding hydrogens is 273 g/mol. The third-order valence-electron chi connectivity index (χ3n) is 2.52. The van der Waals surface area contributed by atoms with Crippen LogP contribution in [0.3, 0.4) is 0 Å². The lowest BCUT2D eigenvalue weighted by Crippen LogP contribution is -2.08. The summed E-state index contributed by atoms with van der Waals surface area (Å²) in [6, 6.07) is 9.97. The molecule has 0 aliphatic carbocycles. The maximum absolute atomic E-state index is 13.0. The molecule has 0 amide bonds. The Bertz CT molecular complexity index is 759. The second kappa shape index (κ2) is 6.44. The monoisotopic (exact) mass is 283 g/mol. The van der Waals surface area contributed by atoms with Gasteiger partial charge in [0, 0.05) is 5.56 Å². The van der Waals surface area contributed by atoms with Crippen molar-refractivity contribution in [2.45, 2.75) is 0 Å². The Morgan fingerprint density at radius 2 is 1.86 bits per heavy atom. The highest BCUT2D eigenvalue weighted by Gasteiger charge is 2.10. The first-order valence-corrected chi connectivity index (χ1v) is 5.97.